The lowest BCUT2D eigenvalue weighted by molar-refractivity contribution is 0.0149. The Morgan fingerprint density at radius 3 is 2.52 bits per heavy atom. The summed E-state index contributed by atoms with van der Waals surface area (Å²) in [6.45, 7) is 14.8. The van der Waals surface area contributed by atoms with E-state index in [0.29, 0.717) is 23.5 Å². The molecule has 0 N–H and O–H groups in total. The lowest BCUT2D eigenvalue weighted by Gasteiger charge is -2.47. The third-order valence-electron chi connectivity index (χ3n) is 6.02. The van der Waals surface area contributed by atoms with E-state index in [2.05, 4.69) is 51.4 Å². The summed E-state index contributed by atoms with van der Waals surface area (Å²) in [4.78, 5) is 22.6. The Hall–Kier alpha value is -2.02. The fraction of sp³-hybridized carbons (Fsp3) is 0.667. The molecule has 0 saturated carbocycles. The van der Waals surface area contributed by atoms with Crippen LogP contribution in [0, 0.1) is 11.8 Å². The fourth-order valence-electron chi connectivity index (χ4n) is 4.57. The number of alkyl halides is 2. The van der Waals surface area contributed by atoms with Gasteiger partial charge in [-0.2, -0.15) is 0 Å². The number of para-hydroxylation sites is 2. The molecule has 7 heteroatoms. The number of carbonyl (C=O) groups is 1. The summed E-state index contributed by atoms with van der Waals surface area (Å²) >= 11 is 0. The average Bonchev–Trinajstić information content (AvgIpc) is 3.02. The number of aromatic nitrogens is 2. The van der Waals surface area contributed by atoms with E-state index in [-0.39, 0.29) is 29.2 Å². The summed E-state index contributed by atoms with van der Waals surface area (Å²) < 4.78 is 28.2. The minimum atomic E-state index is -2.56. The maximum Gasteiger partial charge on any atom is 0.290 e. The second-order valence-electron chi connectivity index (χ2n) is 10.3. The Morgan fingerprint density at radius 2 is 1.90 bits per heavy atom. The van der Waals surface area contributed by atoms with Gasteiger partial charge in [-0.05, 0) is 51.2 Å². The molecule has 1 amide bonds. The lowest BCUT2D eigenvalue weighted by atomic mass is 9.90. The third-order valence-corrected chi connectivity index (χ3v) is 6.02. The minimum absolute atomic E-state index is 0.00228. The summed E-state index contributed by atoms with van der Waals surface area (Å²) in [6.07, 6.45) is -1.66. The normalized spacial score (nSPS) is 20.7. The highest BCUT2D eigenvalue weighted by Crippen LogP contribution is 2.28. The maximum atomic E-state index is 13.8. The molecule has 0 aliphatic carbocycles. The highest BCUT2D eigenvalue weighted by atomic mass is 19.3. The largest absolute Gasteiger partial charge is 0.331 e. The molecule has 1 fully saturated rings. The van der Waals surface area contributed by atoms with E-state index >= 15 is 0 Å². The number of imidazole rings is 1. The molecule has 2 aromatic rings. The van der Waals surface area contributed by atoms with Crippen LogP contribution in [0.4, 0.5) is 8.78 Å². The van der Waals surface area contributed by atoms with Gasteiger partial charge in [0.15, 0.2) is 5.82 Å². The number of hydrogen-bond donors (Lipinski definition) is 0. The monoisotopic (exact) mass is 434 g/mol. The predicted molar refractivity (Wildman–Crippen MR) is 121 cm³/mol. The van der Waals surface area contributed by atoms with Gasteiger partial charge in [-0.15, -0.1) is 0 Å². The van der Waals surface area contributed by atoms with Gasteiger partial charge in [-0.1, -0.05) is 32.9 Å². The molecule has 2 atom stereocenters. The first-order valence-electron chi connectivity index (χ1n) is 11.3. The van der Waals surface area contributed by atoms with Crippen LogP contribution in [0.1, 0.15) is 58.6 Å². The second kappa shape index (κ2) is 9.23. The molecule has 5 nitrogen and oxygen atoms in total. The van der Waals surface area contributed by atoms with Crippen molar-refractivity contribution >= 4 is 16.9 Å². The van der Waals surface area contributed by atoms with E-state index < -0.39 is 13.0 Å². The zero-order valence-electron chi connectivity index (χ0n) is 19.6. The Bertz CT molecular complexity index is 903. The number of carbonyl (C=O) groups excluding carboxylic acids is 1. The van der Waals surface area contributed by atoms with Gasteiger partial charge in [0.2, 0.25) is 0 Å². The Kier molecular flexibility index (Phi) is 7.04. The molecule has 1 aromatic carbocycles. The van der Waals surface area contributed by atoms with Crippen LogP contribution >= 0.6 is 0 Å². The molecular formula is C24H36F2N4O. The number of fused-ring (bicyclic) bond motifs is 1. The van der Waals surface area contributed by atoms with E-state index in [1.807, 2.05) is 11.0 Å². The Labute approximate surface area is 184 Å². The van der Waals surface area contributed by atoms with Crippen LogP contribution in [0.5, 0.6) is 0 Å². The van der Waals surface area contributed by atoms with Crippen molar-refractivity contribution in [2.45, 2.75) is 72.5 Å². The summed E-state index contributed by atoms with van der Waals surface area (Å²) in [5.41, 5.74) is 1.15. The molecule has 1 aliphatic heterocycles. The smallest absolute Gasteiger partial charge is 0.290 e. The van der Waals surface area contributed by atoms with Crippen molar-refractivity contribution in [2.24, 2.45) is 11.8 Å². The highest BCUT2D eigenvalue weighted by Gasteiger charge is 2.37. The van der Waals surface area contributed by atoms with Crippen molar-refractivity contribution in [3.05, 3.63) is 30.1 Å². The van der Waals surface area contributed by atoms with E-state index in [4.69, 9.17) is 0 Å². The maximum absolute atomic E-state index is 13.8. The molecular weight excluding hydrogens is 398 g/mol. The van der Waals surface area contributed by atoms with Gasteiger partial charge in [0.25, 0.3) is 12.3 Å². The van der Waals surface area contributed by atoms with Gasteiger partial charge < -0.3 is 9.47 Å². The van der Waals surface area contributed by atoms with Crippen LogP contribution in [0.25, 0.3) is 11.0 Å². The van der Waals surface area contributed by atoms with Crippen LogP contribution in [-0.4, -0.2) is 62.9 Å². The summed E-state index contributed by atoms with van der Waals surface area (Å²) in [5, 5.41) is 0. The fourth-order valence-corrected chi connectivity index (χ4v) is 4.57. The van der Waals surface area contributed by atoms with Gasteiger partial charge in [-0.3, -0.25) is 9.69 Å². The first-order valence-corrected chi connectivity index (χ1v) is 11.3. The van der Waals surface area contributed by atoms with E-state index in [1.165, 1.54) is 4.57 Å². The molecule has 1 saturated heterocycles. The molecule has 1 aliphatic rings. The zero-order valence-corrected chi connectivity index (χ0v) is 19.6. The van der Waals surface area contributed by atoms with E-state index in [0.717, 1.165) is 19.5 Å². The number of nitrogens with zero attached hydrogens (tertiary/aromatic N) is 4. The first kappa shape index (κ1) is 23.6. The molecule has 2 heterocycles. The molecule has 172 valence electrons. The number of amides is 1. The number of halogens is 2. The molecule has 0 radical (unpaired) electrons. The summed E-state index contributed by atoms with van der Waals surface area (Å²) in [5.74, 6) is 0.568. The van der Waals surface area contributed by atoms with Crippen LogP contribution < -0.4 is 0 Å². The van der Waals surface area contributed by atoms with Gasteiger partial charge in [0, 0.05) is 31.2 Å². The van der Waals surface area contributed by atoms with Gasteiger partial charge in [-0.25, -0.2) is 13.8 Å². The Balaban J connectivity index is 2.00. The predicted octanol–water partition coefficient (Wildman–Crippen LogP) is 4.91. The molecule has 0 spiro atoms. The van der Waals surface area contributed by atoms with Crippen LogP contribution in [0.2, 0.25) is 0 Å². The van der Waals surface area contributed by atoms with E-state index in [1.54, 1.807) is 18.2 Å². The molecule has 3 rings (SSSR count). The second-order valence-corrected chi connectivity index (χ2v) is 10.3. The zero-order chi connectivity index (χ0) is 22.9. The van der Waals surface area contributed by atoms with Crippen molar-refractivity contribution in [1.29, 1.82) is 0 Å². The van der Waals surface area contributed by atoms with Crippen molar-refractivity contribution in [1.82, 2.24) is 19.4 Å². The van der Waals surface area contributed by atoms with Crippen molar-refractivity contribution in [3.63, 3.8) is 0 Å². The summed E-state index contributed by atoms with van der Waals surface area (Å²) in [6, 6.07) is 7.14. The number of piperidine rings is 1. The lowest BCUT2D eigenvalue weighted by Crippen LogP contribution is -2.57. The van der Waals surface area contributed by atoms with Crippen LogP contribution in [-0.2, 0) is 6.54 Å². The number of rotatable bonds is 6. The first-order chi connectivity index (χ1) is 14.5. The molecule has 31 heavy (non-hydrogen) atoms. The van der Waals surface area contributed by atoms with Gasteiger partial charge in [0.1, 0.15) is 0 Å². The highest BCUT2D eigenvalue weighted by molar-refractivity contribution is 5.95. The van der Waals surface area contributed by atoms with Gasteiger partial charge in [0.05, 0.1) is 17.6 Å². The van der Waals surface area contributed by atoms with Crippen LogP contribution in [0.15, 0.2) is 24.3 Å². The quantitative estimate of drug-likeness (QED) is 0.649. The van der Waals surface area contributed by atoms with Crippen LogP contribution in [0.3, 0.4) is 0 Å². The SMILES string of the molecule is CC(C)CN(C(=O)c1nc2ccccc2n1CC(F)F)[C@H]1C[C@@H](C)CN(C(C)(C)C)C1. The average molecular weight is 435 g/mol. The van der Waals surface area contributed by atoms with Crippen molar-refractivity contribution < 1.29 is 13.6 Å². The number of likely N-dealkylation sites (tertiary alicyclic amines) is 1. The number of hydrogen-bond acceptors (Lipinski definition) is 3. The van der Waals surface area contributed by atoms with Gasteiger partial charge >= 0.3 is 0 Å². The molecule has 1 aromatic heterocycles. The standard InChI is InChI=1S/C24H36F2N4O/c1-16(2)12-29(18-11-17(3)13-28(14-18)24(4,5)6)23(31)22-27-19-9-7-8-10-20(19)30(22)15-21(25)26/h7-10,16-18,21H,11-15H2,1-6H3/t17-,18+/m1/s1. The third kappa shape index (κ3) is 5.43. The summed E-state index contributed by atoms with van der Waals surface area (Å²) in [7, 11) is 0. The molecule has 0 bridgehead atoms. The van der Waals surface area contributed by atoms with Crippen molar-refractivity contribution in [2.75, 3.05) is 19.6 Å². The topological polar surface area (TPSA) is 41.4 Å². The number of benzene rings is 1. The van der Waals surface area contributed by atoms with E-state index in [9.17, 15) is 13.6 Å². The minimum Gasteiger partial charge on any atom is -0.331 e. The Morgan fingerprint density at radius 1 is 1.23 bits per heavy atom. The molecule has 0 unspecified atom stereocenters. The van der Waals surface area contributed by atoms with Crippen molar-refractivity contribution in [3.8, 4) is 0 Å².